The normalized spacial score (nSPS) is 18.7. The molecule has 1 aliphatic heterocycles. The predicted octanol–water partition coefficient (Wildman–Crippen LogP) is 1.29. The van der Waals surface area contributed by atoms with Crippen LogP contribution in [0.15, 0.2) is 24.3 Å². The molecule has 0 aromatic heterocycles. The zero-order valence-electron chi connectivity index (χ0n) is 11.6. The van der Waals surface area contributed by atoms with Crippen molar-refractivity contribution in [3.05, 3.63) is 29.8 Å². The van der Waals surface area contributed by atoms with Gasteiger partial charge in [0.05, 0.1) is 18.1 Å². The van der Waals surface area contributed by atoms with Crippen LogP contribution in [-0.2, 0) is 14.6 Å². The number of hydrogen-bond acceptors (Lipinski definition) is 5. The summed E-state index contributed by atoms with van der Waals surface area (Å²) in [6, 6.07) is 6.69. The summed E-state index contributed by atoms with van der Waals surface area (Å²) in [4.78, 5) is 0. The van der Waals surface area contributed by atoms with Crippen LogP contribution in [0.5, 0.6) is 5.75 Å². The van der Waals surface area contributed by atoms with Gasteiger partial charge in [-0.1, -0.05) is 12.1 Å². The van der Waals surface area contributed by atoms with Gasteiger partial charge in [0.15, 0.2) is 9.84 Å². The zero-order valence-corrected chi connectivity index (χ0v) is 12.4. The number of nitrogens with two attached hydrogens (primary N) is 1. The van der Waals surface area contributed by atoms with E-state index in [0.717, 1.165) is 11.3 Å². The molecule has 0 amide bonds. The number of ether oxygens (including phenoxy) is 2. The van der Waals surface area contributed by atoms with Crippen LogP contribution in [0.2, 0.25) is 0 Å². The minimum Gasteiger partial charge on any atom is -0.497 e. The second kappa shape index (κ2) is 6.56. The van der Waals surface area contributed by atoms with E-state index in [1.165, 1.54) is 0 Å². The molecule has 1 aliphatic rings. The largest absolute Gasteiger partial charge is 0.497 e. The SMILES string of the molecule is COc1ccc(C(N)CS(=O)(=O)C2CCOCC2)cc1. The molecule has 1 heterocycles. The molecule has 0 spiro atoms. The summed E-state index contributed by atoms with van der Waals surface area (Å²) in [7, 11) is -1.59. The van der Waals surface area contributed by atoms with Gasteiger partial charge in [-0.05, 0) is 30.5 Å². The van der Waals surface area contributed by atoms with Gasteiger partial charge < -0.3 is 15.2 Å². The first-order chi connectivity index (χ1) is 9.53. The van der Waals surface area contributed by atoms with Crippen LogP contribution in [0.4, 0.5) is 0 Å². The molecular formula is C14H21NO4S. The van der Waals surface area contributed by atoms with Gasteiger partial charge in [0.25, 0.3) is 0 Å². The third-order valence-corrected chi connectivity index (χ3v) is 5.94. The van der Waals surface area contributed by atoms with E-state index in [1.807, 2.05) is 12.1 Å². The lowest BCUT2D eigenvalue weighted by molar-refractivity contribution is 0.0983. The quantitative estimate of drug-likeness (QED) is 0.886. The first kappa shape index (κ1) is 15.3. The maximum Gasteiger partial charge on any atom is 0.155 e. The standard InChI is InChI=1S/C14H21NO4S/c1-18-12-4-2-11(3-5-12)14(15)10-20(16,17)13-6-8-19-9-7-13/h2-5,13-14H,6-10,15H2,1H3. The number of sulfone groups is 1. The van der Waals surface area contributed by atoms with Crippen molar-refractivity contribution in [2.24, 2.45) is 5.73 Å². The third-order valence-electron chi connectivity index (χ3n) is 3.63. The molecule has 1 saturated heterocycles. The smallest absolute Gasteiger partial charge is 0.155 e. The van der Waals surface area contributed by atoms with Crippen molar-refractivity contribution in [1.82, 2.24) is 0 Å². The van der Waals surface area contributed by atoms with Gasteiger partial charge in [-0.15, -0.1) is 0 Å². The fourth-order valence-corrected chi connectivity index (χ4v) is 4.24. The molecule has 1 aromatic carbocycles. The van der Waals surface area contributed by atoms with Crippen LogP contribution in [0, 0.1) is 0 Å². The maximum atomic E-state index is 12.3. The third kappa shape index (κ3) is 3.71. The molecule has 2 N–H and O–H groups in total. The maximum absolute atomic E-state index is 12.3. The summed E-state index contributed by atoms with van der Waals surface area (Å²) >= 11 is 0. The van der Waals surface area contributed by atoms with Gasteiger partial charge in [-0.3, -0.25) is 0 Å². The van der Waals surface area contributed by atoms with E-state index in [2.05, 4.69) is 0 Å². The predicted molar refractivity (Wildman–Crippen MR) is 77.6 cm³/mol. The number of methoxy groups -OCH3 is 1. The van der Waals surface area contributed by atoms with Crippen molar-refractivity contribution in [3.63, 3.8) is 0 Å². The Kier molecular flexibility index (Phi) is 5.01. The van der Waals surface area contributed by atoms with Gasteiger partial charge in [0, 0.05) is 19.3 Å². The second-order valence-electron chi connectivity index (χ2n) is 5.02. The number of rotatable bonds is 5. The first-order valence-electron chi connectivity index (χ1n) is 6.72. The lowest BCUT2D eigenvalue weighted by Crippen LogP contribution is -2.34. The van der Waals surface area contributed by atoms with Gasteiger partial charge in [-0.2, -0.15) is 0 Å². The van der Waals surface area contributed by atoms with Crippen molar-refractivity contribution in [1.29, 1.82) is 0 Å². The van der Waals surface area contributed by atoms with Crippen LogP contribution < -0.4 is 10.5 Å². The van der Waals surface area contributed by atoms with Crippen LogP contribution in [0.3, 0.4) is 0 Å². The van der Waals surface area contributed by atoms with Crippen molar-refractivity contribution in [2.45, 2.75) is 24.1 Å². The highest BCUT2D eigenvalue weighted by Crippen LogP contribution is 2.22. The van der Waals surface area contributed by atoms with E-state index >= 15 is 0 Å². The summed E-state index contributed by atoms with van der Waals surface area (Å²) in [6.07, 6.45) is 1.13. The first-order valence-corrected chi connectivity index (χ1v) is 8.43. The average molecular weight is 299 g/mol. The Balaban J connectivity index is 2.03. The Morgan fingerprint density at radius 2 is 1.90 bits per heavy atom. The lowest BCUT2D eigenvalue weighted by atomic mass is 10.1. The highest BCUT2D eigenvalue weighted by Gasteiger charge is 2.29. The van der Waals surface area contributed by atoms with Crippen LogP contribution in [0.25, 0.3) is 0 Å². The number of hydrogen-bond donors (Lipinski definition) is 1. The van der Waals surface area contributed by atoms with E-state index in [4.69, 9.17) is 15.2 Å². The van der Waals surface area contributed by atoms with Crippen LogP contribution in [0.1, 0.15) is 24.4 Å². The summed E-state index contributed by atoms with van der Waals surface area (Å²) in [6.45, 7) is 1.03. The van der Waals surface area contributed by atoms with E-state index < -0.39 is 15.9 Å². The van der Waals surface area contributed by atoms with E-state index in [0.29, 0.717) is 26.1 Å². The Morgan fingerprint density at radius 3 is 2.45 bits per heavy atom. The minimum atomic E-state index is -3.18. The van der Waals surface area contributed by atoms with E-state index in [-0.39, 0.29) is 11.0 Å². The Bertz CT molecular complexity index is 521. The molecule has 112 valence electrons. The topological polar surface area (TPSA) is 78.6 Å². The van der Waals surface area contributed by atoms with Gasteiger partial charge in [-0.25, -0.2) is 8.42 Å². The highest BCUT2D eigenvalue weighted by atomic mass is 32.2. The second-order valence-corrected chi connectivity index (χ2v) is 7.35. The van der Waals surface area contributed by atoms with Crippen molar-refractivity contribution >= 4 is 9.84 Å². The Labute approximate surface area is 120 Å². The molecule has 0 radical (unpaired) electrons. The molecule has 0 bridgehead atoms. The van der Waals surface area contributed by atoms with Crippen molar-refractivity contribution < 1.29 is 17.9 Å². The van der Waals surface area contributed by atoms with Crippen molar-refractivity contribution in [2.75, 3.05) is 26.1 Å². The van der Waals surface area contributed by atoms with Gasteiger partial charge in [0.1, 0.15) is 5.75 Å². The number of benzene rings is 1. The van der Waals surface area contributed by atoms with Crippen molar-refractivity contribution in [3.8, 4) is 5.75 Å². The molecule has 1 atom stereocenters. The molecule has 2 rings (SSSR count). The van der Waals surface area contributed by atoms with Crippen LogP contribution >= 0.6 is 0 Å². The van der Waals surface area contributed by atoms with E-state index in [1.54, 1.807) is 19.2 Å². The van der Waals surface area contributed by atoms with E-state index in [9.17, 15) is 8.42 Å². The molecule has 0 aliphatic carbocycles. The molecule has 1 fully saturated rings. The van der Waals surface area contributed by atoms with Crippen LogP contribution in [-0.4, -0.2) is 39.7 Å². The lowest BCUT2D eigenvalue weighted by Gasteiger charge is -2.23. The molecule has 5 nitrogen and oxygen atoms in total. The zero-order chi connectivity index (χ0) is 14.6. The molecule has 1 unspecified atom stereocenters. The average Bonchev–Trinajstić information content (AvgIpc) is 2.48. The Morgan fingerprint density at radius 1 is 1.30 bits per heavy atom. The monoisotopic (exact) mass is 299 g/mol. The van der Waals surface area contributed by atoms with Gasteiger partial charge in [0.2, 0.25) is 0 Å². The summed E-state index contributed by atoms with van der Waals surface area (Å²) in [5.41, 5.74) is 6.83. The van der Waals surface area contributed by atoms with Gasteiger partial charge >= 0.3 is 0 Å². The molecular weight excluding hydrogens is 278 g/mol. The highest BCUT2D eigenvalue weighted by molar-refractivity contribution is 7.92. The molecule has 6 heteroatoms. The summed E-state index contributed by atoms with van der Waals surface area (Å²) in [5.74, 6) is 0.706. The fraction of sp³-hybridized carbons (Fsp3) is 0.571. The minimum absolute atomic E-state index is 0.0238. The molecule has 20 heavy (non-hydrogen) atoms. The molecule has 1 aromatic rings. The summed E-state index contributed by atoms with van der Waals surface area (Å²) < 4.78 is 34.9. The fourth-order valence-electron chi connectivity index (χ4n) is 2.37. The molecule has 0 saturated carbocycles. The Hall–Kier alpha value is -1.11. The summed E-state index contributed by atoms with van der Waals surface area (Å²) in [5, 5.41) is -0.319.